The molecule has 17 heavy (non-hydrogen) atoms. The van der Waals surface area contributed by atoms with Gasteiger partial charge in [-0.1, -0.05) is 17.7 Å². The van der Waals surface area contributed by atoms with E-state index >= 15 is 0 Å². The second-order valence-electron chi connectivity index (χ2n) is 4.06. The zero-order chi connectivity index (χ0) is 12.5. The molecule has 1 heterocycles. The Kier molecular flexibility index (Phi) is 3.48. The van der Waals surface area contributed by atoms with Gasteiger partial charge < -0.3 is 10.5 Å². The van der Waals surface area contributed by atoms with Crippen molar-refractivity contribution in [2.24, 2.45) is 5.73 Å². The van der Waals surface area contributed by atoms with Crippen LogP contribution in [0.3, 0.4) is 0 Å². The maximum absolute atomic E-state index is 11.9. The molecule has 2 N–H and O–H groups in total. The van der Waals surface area contributed by atoms with E-state index in [1.807, 2.05) is 6.92 Å². The van der Waals surface area contributed by atoms with Crippen molar-refractivity contribution in [1.82, 2.24) is 0 Å². The van der Waals surface area contributed by atoms with Crippen molar-refractivity contribution in [2.75, 3.05) is 6.61 Å². The van der Waals surface area contributed by atoms with Crippen LogP contribution in [0.2, 0.25) is 0 Å². The molecule has 1 aliphatic heterocycles. The summed E-state index contributed by atoms with van der Waals surface area (Å²) in [6, 6.07) is 6.04. The van der Waals surface area contributed by atoms with Gasteiger partial charge in [-0.15, -0.1) is 0 Å². The van der Waals surface area contributed by atoms with Gasteiger partial charge in [-0.2, -0.15) is 8.42 Å². The first kappa shape index (κ1) is 12.5. The van der Waals surface area contributed by atoms with E-state index in [1.54, 1.807) is 12.1 Å². The molecule has 2 rings (SSSR count). The van der Waals surface area contributed by atoms with Gasteiger partial charge in [0.15, 0.2) is 6.29 Å². The number of ether oxygens (including phenoxy) is 1. The summed E-state index contributed by atoms with van der Waals surface area (Å²) in [6.45, 7) is 2.31. The molecule has 94 valence electrons. The second kappa shape index (κ2) is 4.73. The number of hydrogen-bond acceptors (Lipinski definition) is 5. The molecule has 0 spiro atoms. The Balaban J connectivity index is 2.16. The summed E-state index contributed by atoms with van der Waals surface area (Å²) >= 11 is 0. The van der Waals surface area contributed by atoms with Crippen LogP contribution in [-0.2, 0) is 19.0 Å². The second-order valence-corrected chi connectivity index (χ2v) is 5.63. The fraction of sp³-hybridized carbons (Fsp3) is 0.455. The van der Waals surface area contributed by atoms with Crippen LogP contribution in [0.15, 0.2) is 29.2 Å². The first-order valence-electron chi connectivity index (χ1n) is 5.36. The molecule has 1 saturated heterocycles. The first-order valence-corrected chi connectivity index (χ1v) is 6.77. The number of aryl methyl sites for hydroxylation is 1. The number of rotatable bonds is 3. The van der Waals surface area contributed by atoms with Crippen LogP contribution in [0.1, 0.15) is 12.0 Å². The zero-order valence-electron chi connectivity index (χ0n) is 9.50. The Morgan fingerprint density at radius 2 is 2.00 bits per heavy atom. The predicted octanol–water partition coefficient (Wildman–Crippen LogP) is 0.774. The van der Waals surface area contributed by atoms with E-state index in [1.165, 1.54) is 12.1 Å². The van der Waals surface area contributed by atoms with E-state index in [4.69, 9.17) is 14.7 Å². The van der Waals surface area contributed by atoms with E-state index in [-0.39, 0.29) is 4.90 Å². The van der Waals surface area contributed by atoms with Crippen LogP contribution < -0.4 is 5.73 Å². The Hall–Kier alpha value is -0.950. The molecule has 0 aliphatic carbocycles. The van der Waals surface area contributed by atoms with Gasteiger partial charge in [-0.25, -0.2) is 4.18 Å². The van der Waals surface area contributed by atoms with E-state index in [0.29, 0.717) is 13.0 Å². The minimum atomic E-state index is -3.80. The average Bonchev–Trinajstić information content (AvgIpc) is 2.64. The quantitative estimate of drug-likeness (QED) is 0.809. The first-order chi connectivity index (χ1) is 7.99. The summed E-state index contributed by atoms with van der Waals surface area (Å²) in [5.74, 6) is 0. The average molecular weight is 257 g/mol. The fourth-order valence-corrected chi connectivity index (χ4v) is 2.59. The molecular weight excluding hydrogens is 242 g/mol. The van der Waals surface area contributed by atoms with Gasteiger partial charge in [-0.05, 0) is 25.5 Å². The van der Waals surface area contributed by atoms with Crippen LogP contribution >= 0.6 is 0 Å². The molecule has 0 bridgehead atoms. The molecule has 2 atom stereocenters. The van der Waals surface area contributed by atoms with Crippen molar-refractivity contribution in [1.29, 1.82) is 0 Å². The summed E-state index contributed by atoms with van der Waals surface area (Å²) in [4.78, 5) is 0.116. The minimum Gasteiger partial charge on any atom is -0.350 e. The molecule has 0 aromatic heterocycles. The maximum atomic E-state index is 11.9. The molecule has 0 saturated carbocycles. The van der Waals surface area contributed by atoms with Crippen LogP contribution in [0.25, 0.3) is 0 Å². The molecule has 5 nitrogen and oxygen atoms in total. The Labute approximate surface area is 101 Å². The fourth-order valence-electron chi connectivity index (χ4n) is 1.56. The van der Waals surface area contributed by atoms with Crippen molar-refractivity contribution in [3.8, 4) is 0 Å². The van der Waals surface area contributed by atoms with Gasteiger partial charge in [0.05, 0.1) is 17.5 Å². The van der Waals surface area contributed by atoms with Crippen LogP contribution in [0, 0.1) is 6.92 Å². The highest BCUT2D eigenvalue weighted by Crippen LogP contribution is 2.20. The normalized spacial score (nSPS) is 25.1. The summed E-state index contributed by atoms with van der Waals surface area (Å²) in [5, 5.41) is 0. The molecular formula is C11H15NO4S. The van der Waals surface area contributed by atoms with E-state index in [9.17, 15) is 8.42 Å². The summed E-state index contributed by atoms with van der Waals surface area (Å²) in [5.41, 5.74) is 6.66. The minimum absolute atomic E-state index is 0.116. The predicted molar refractivity (Wildman–Crippen MR) is 61.8 cm³/mol. The van der Waals surface area contributed by atoms with Crippen LogP contribution in [0.5, 0.6) is 0 Å². The summed E-state index contributed by atoms with van der Waals surface area (Å²) in [7, 11) is -3.80. The van der Waals surface area contributed by atoms with Gasteiger partial charge in [-0.3, -0.25) is 0 Å². The summed E-state index contributed by atoms with van der Waals surface area (Å²) < 4.78 is 33.9. The molecule has 1 fully saturated rings. The lowest BCUT2D eigenvalue weighted by Crippen LogP contribution is -2.34. The third-order valence-corrected chi connectivity index (χ3v) is 3.91. The zero-order valence-corrected chi connectivity index (χ0v) is 10.3. The number of nitrogens with two attached hydrogens (primary N) is 1. The highest BCUT2D eigenvalue weighted by Gasteiger charge is 2.31. The van der Waals surface area contributed by atoms with Crippen molar-refractivity contribution < 1.29 is 17.3 Å². The lowest BCUT2D eigenvalue weighted by atomic mass is 10.2. The molecule has 1 aliphatic rings. The van der Waals surface area contributed by atoms with Gasteiger partial charge in [0, 0.05) is 0 Å². The smallest absolute Gasteiger partial charge is 0.299 e. The third kappa shape index (κ3) is 2.84. The topological polar surface area (TPSA) is 78.6 Å². The molecule has 6 heteroatoms. The van der Waals surface area contributed by atoms with Gasteiger partial charge >= 0.3 is 0 Å². The monoisotopic (exact) mass is 257 g/mol. The van der Waals surface area contributed by atoms with E-state index in [2.05, 4.69) is 0 Å². The SMILES string of the molecule is Cc1ccc(S(=O)(=O)OC2OCC[C@H]2N)cc1. The standard InChI is InChI=1S/C11H15NO4S/c1-8-2-4-9(5-3-8)17(13,14)16-11-10(12)6-7-15-11/h2-5,10-11H,6-7,12H2,1H3/t10-,11?/m1/s1. The van der Waals surface area contributed by atoms with Crippen molar-refractivity contribution in [3.05, 3.63) is 29.8 Å². The van der Waals surface area contributed by atoms with Crippen molar-refractivity contribution >= 4 is 10.1 Å². The molecule has 1 aromatic rings. The molecule has 1 aromatic carbocycles. The number of benzene rings is 1. The van der Waals surface area contributed by atoms with E-state index < -0.39 is 22.4 Å². The van der Waals surface area contributed by atoms with Gasteiger partial charge in [0.1, 0.15) is 0 Å². The van der Waals surface area contributed by atoms with Gasteiger partial charge in [0.25, 0.3) is 10.1 Å². The Morgan fingerprint density at radius 1 is 1.35 bits per heavy atom. The summed E-state index contributed by atoms with van der Waals surface area (Å²) in [6.07, 6.45) is -0.269. The number of hydrogen-bond donors (Lipinski definition) is 1. The van der Waals surface area contributed by atoms with Gasteiger partial charge in [0.2, 0.25) is 0 Å². The highest BCUT2D eigenvalue weighted by atomic mass is 32.2. The van der Waals surface area contributed by atoms with Crippen molar-refractivity contribution in [3.63, 3.8) is 0 Å². The third-order valence-electron chi connectivity index (χ3n) is 2.61. The lowest BCUT2D eigenvalue weighted by molar-refractivity contribution is -0.0419. The largest absolute Gasteiger partial charge is 0.350 e. The molecule has 0 amide bonds. The van der Waals surface area contributed by atoms with Crippen molar-refractivity contribution in [2.45, 2.75) is 30.6 Å². The maximum Gasteiger partial charge on any atom is 0.299 e. The Bertz CT molecular complexity index is 483. The van der Waals surface area contributed by atoms with Crippen LogP contribution in [0.4, 0.5) is 0 Å². The molecule has 0 radical (unpaired) electrons. The Morgan fingerprint density at radius 3 is 2.53 bits per heavy atom. The van der Waals surface area contributed by atoms with Crippen LogP contribution in [-0.4, -0.2) is 27.4 Å². The highest BCUT2D eigenvalue weighted by molar-refractivity contribution is 7.86. The molecule has 1 unspecified atom stereocenters. The van der Waals surface area contributed by atoms with E-state index in [0.717, 1.165) is 5.56 Å². The lowest BCUT2D eigenvalue weighted by Gasteiger charge is -2.15.